The molecular weight excluding hydrogens is 270 g/mol. The highest BCUT2D eigenvalue weighted by Crippen LogP contribution is 2.29. The van der Waals surface area contributed by atoms with Crippen LogP contribution in [-0.4, -0.2) is 19.2 Å². The van der Waals surface area contributed by atoms with Gasteiger partial charge in [0.2, 0.25) is 0 Å². The van der Waals surface area contributed by atoms with Crippen LogP contribution in [0.1, 0.15) is 42.6 Å². The number of benzene rings is 2. The number of rotatable bonds is 5. The highest BCUT2D eigenvalue weighted by molar-refractivity contribution is 5.32. The van der Waals surface area contributed by atoms with Crippen LogP contribution in [-0.2, 0) is 11.2 Å². The van der Waals surface area contributed by atoms with Gasteiger partial charge >= 0.3 is 0 Å². The van der Waals surface area contributed by atoms with E-state index >= 15 is 0 Å². The van der Waals surface area contributed by atoms with Crippen molar-refractivity contribution in [2.75, 3.05) is 13.1 Å². The van der Waals surface area contributed by atoms with Gasteiger partial charge in [-0.1, -0.05) is 61.5 Å². The van der Waals surface area contributed by atoms with Crippen LogP contribution in [0.4, 0.5) is 0 Å². The summed E-state index contributed by atoms with van der Waals surface area (Å²) in [6.07, 6.45) is 3.64. The van der Waals surface area contributed by atoms with Crippen molar-refractivity contribution in [2.45, 2.75) is 38.4 Å². The van der Waals surface area contributed by atoms with E-state index in [9.17, 15) is 0 Å². The van der Waals surface area contributed by atoms with E-state index in [0.717, 1.165) is 32.4 Å². The fraction of sp³-hybridized carbons (Fsp3) is 0.400. The molecule has 1 fully saturated rings. The van der Waals surface area contributed by atoms with Crippen molar-refractivity contribution < 1.29 is 4.74 Å². The monoisotopic (exact) mass is 295 g/mol. The summed E-state index contributed by atoms with van der Waals surface area (Å²) in [6, 6.07) is 19.5. The second kappa shape index (κ2) is 7.57. The second-order valence-electron chi connectivity index (χ2n) is 5.97. The maximum atomic E-state index is 6.50. The Labute approximate surface area is 133 Å². The Morgan fingerprint density at radius 2 is 1.59 bits per heavy atom. The van der Waals surface area contributed by atoms with Crippen molar-refractivity contribution in [3.8, 4) is 0 Å². The third-order valence-corrected chi connectivity index (χ3v) is 4.41. The van der Waals surface area contributed by atoms with Gasteiger partial charge in [-0.15, -0.1) is 0 Å². The van der Waals surface area contributed by atoms with E-state index in [1.165, 1.54) is 16.7 Å². The predicted octanol–water partition coefficient (Wildman–Crippen LogP) is 4.11. The maximum absolute atomic E-state index is 6.50. The van der Waals surface area contributed by atoms with E-state index in [0.29, 0.717) is 6.10 Å². The third kappa shape index (κ3) is 3.76. The molecule has 0 bridgehead atoms. The standard InChI is InChI=1S/C20H25NO/c1-2-16-8-10-18(11-9-16)20(17-6-4-3-5-7-17)22-19-12-14-21-15-13-19/h3-11,19-21H,2,12-15H2,1H3. The average molecular weight is 295 g/mol. The summed E-state index contributed by atoms with van der Waals surface area (Å²) in [5.41, 5.74) is 3.87. The van der Waals surface area contributed by atoms with Gasteiger partial charge in [0.1, 0.15) is 6.10 Å². The minimum absolute atomic E-state index is 0.0372. The molecule has 1 aliphatic rings. The van der Waals surface area contributed by atoms with Gasteiger partial charge in [0, 0.05) is 0 Å². The summed E-state index contributed by atoms with van der Waals surface area (Å²) in [6.45, 7) is 4.30. The maximum Gasteiger partial charge on any atom is 0.108 e. The lowest BCUT2D eigenvalue weighted by molar-refractivity contribution is -0.00805. The first-order valence-electron chi connectivity index (χ1n) is 8.37. The predicted molar refractivity (Wildman–Crippen MR) is 91.1 cm³/mol. The molecule has 2 heteroatoms. The van der Waals surface area contributed by atoms with Crippen LogP contribution in [0, 0.1) is 0 Å². The van der Waals surface area contributed by atoms with E-state index in [4.69, 9.17) is 4.74 Å². The van der Waals surface area contributed by atoms with Gasteiger partial charge < -0.3 is 10.1 Å². The average Bonchev–Trinajstić information content (AvgIpc) is 2.61. The molecule has 0 spiro atoms. The van der Waals surface area contributed by atoms with E-state index in [1.54, 1.807) is 0 Å². The van der Waals surface area contributed by atoms with Crippen molar-refractivity contribution in [2.24, 2.45) is 0 Å². The van der Waals surface area contributed by atoms with Gasteiger partial charge in [-0.2, -0.15) is 0 Å². The molecule has 3 rings (SSSR count). The molecule has 0 aliphatic carbocycles. The van der Waals surface area contributed by atoms with Crippen LogP contribution in [0.2, 0.25) is 0 Å². The SMILES string of the molecule is CCc1ccc(C(OC2CCNCC2)c2ccccc2)cc1. The Kier molecular flexibility index (Phi) is 5.25. The van der Waals surface area contributed by atoms with Crippen LogP contribution in [0.5, 0.6) is 0 Å². The number of nitrogens with one attached hydrogen (secondary N) is 1. The van der Waals surface area contributed by atoms with Crippen molar-refractivity contribution in [1.82, 2.24) is 5.32 Å². The van der Waals surface area contributed by atoms with E-state index in [-0.39, 0.29) is 6.10 Å². The highest BCUT2D eigenvalue weighted by atomic mass is 16.5. The van der Waals surface area contributed by atoms with Crippen molar-refractivity contribution >= 4 is 0 Å². The first-order valence-corrected chi connectivity index (χ1v) is 8.37. The zero-order valence-corrected chi connectivity index (χ0v) is 13.3. The van der Waals surface area contributed by atoms with Crippen LogP contribution < -0.4 is 5.32 Å². The molecule has 1 unspecified atom stereocenters. The molecular formula is C20H25NO. The van der Waals surface area contributed by atoms with Crippen molar-refractivity contribution in [3.05, 3.63) is 71.3 Å². The number of ether oxygens (including phenoxy) is 1. The first-order chi connectivity index (χ1) is 10.9. The van der Waals surface area contributed by atoms with Gasteiger partial charge in [-0.05, 0) is 49.0 Å². The highest BCUT2D eigenvalue weighted by Gasteiger charge is 2.21. The lowest BCUT2D eigenvalue weighted by atomic mass is 9.99. The van der Waals surface area contributed by atoms with Crippen LogP contribution >= 0.6 is 0 Å². The Bertz CT molecular complexity index is 558. The summed E-state index contributed by atoms with van der Waals surface area (Å²) >= 11 is 0. The molecule has 1 atom stereocenters. The molecule has 2 nitrogen and oxygen atoms in total. The van der Waals surface area contributed by atoms with Crippen LogP contribution in [0.3, 0.4) is 0 Å². The van der Waals surface area contributed by atoms with E-state index in [2.05, 4.69) is 66.8 Å². The number of piperidine rings is 1. The quantitative estimate of drug-likeness (QED) is 0.896. The fourth-order valence-corrected chi connectivity index (χ4v) is 3.03. The van der Waals surface area contributed by atoms with Gasteiger partial charge in [-0.3, -0.25) is 0 Å². The molecule has 116 valence electrons. The minimum atomic E-state index is 0.0372. The van der Waals surface area contributed by atoms with Crippen LogP contribution in [0.25, 0.3) is 0 Å². The third-order valence-electron chi connectivity index (χ3n) is 4.41. The van der Waals surface area contributed by atoms with Gasteiger partial charge in [0.05, 0.1) is 6.10 Å². The molecule has 22 heavy (non-hydrogen) atoms. The summed E-state index contributed by atoms with van der Waals surface area (Å²) in [7, 11) is 0. The summed E-state index contributed by atoms with van der Waals surface area (Å²) in [5, 5.41) is 3.40. The molecule has 0 amide bonds. The lowest BCUT2D eigenvalue weighted by Crippen LogP contribution is -2.33. The van der Waals surface area contributed by atoms with Gasteiger partial charge in [0.25, 0.3) is 0 Å². The van der Waals surface area contributed by atoms with Gasteiger partial charge in [-0.25, -0.2) is 0 Å². The molecule has 2 aromatic carbocycles. The Morgan fingerprint density at radius 1 is 0.955 bits per heavy atom. The molecule has 1 aliphatic heterocycles. The largest absolute Gasteiger partial charge is 0.365 e. The fourth-order valence-electron chi connectivity index (χ4n) is 3.03. The molecule has 0 saturated carbocycles. The molecule has 1 saturated heterocycles. The zero-order valence-electron chi connectivity index (χ0n) is 13.3. The number of aryl methyl sites for hydroxylation is 1. The minimum Gasteiger partial charge on any atom is -0.365 e. The van der Waals surface area contributed by atoms with Crippen LogP contribution in [0.15, 0.2) is 54.6 Å². The summed E-state index contributed by atoms with van der Waals surface area (Å²) < 4.78 is 6.50. The molecule has 0 aromatic heterocycles. The Hall–Kier alpha value is -1.64. The van der Waals surface area contributed by atoms with E-state index < -0.39 is 0 Å². The zero-order chi connectivity index (χ0) is 15.2. The number of hydrogen-bond acceptors (Lipinski definition) is 2. The summed E-state index contributed by atoms with van der Waals surface area (Å²) in [4.78, 5) is 0. The second-order valence-corrected chi connectivity index (χ2v) is 5.97. The molecule has 1 heterocycles. The molecule has 2 aromatic rings. The Morgan fingerprint density at radius 3 is 2.23 bits per heavy atom. The molecule has 1 N–H and O–H groups in total. The molecule has 0 radical (unpaired) electrons. The lowest BCUT2D eigenvalue weighted by Gasteiger charge is -2.29. The van der Waals surface area contributed by atoms with Crippen molar-refractivity contribution in [1.29, 1.82) is 0 Å². The smallest absolute Gasteiger partial charge is 0.108 e. The first kappa shape index (κ1) is 15.3. The van der Waals surface area contributed by atoms with Gasteiger partial charge in [0.15, 0.2) is 0 Å². The Balaban J connectivity index is 1.84. The normalized spacial score (nSPS) is 17.3. The number of hydrogen-bond donors (Lipinski definition) is 1. The van der Waals surface area contributed by atoms with E-state index in [1.807, 2.05) is 0 Å². The van der Waals surface area contributed by atoms with Crippen molar-refractivity contribution in [3.63, 3.8) is 0 Å². The topological polar surface area (TPSA) is 21.3 Å². The summed E-state index contributed by atoms with van der Waals surface area (Å²) in [5.74, 6) is 0.